The van der Waals surface area contributed by atoms with Crippen molar-refractivity contribution in [3.8, 4) is 0 Å². The Morgan fingerprint density at radius 2 is 2.19 bits per heavy atom. The fourth-order valence-electron chi connectivity index (χ4n) is 3.58. The van der Waals surface area contributed by atoms with Crippen LogP contribution in [0.25, 0.3) is 0 Å². The standard InChI is InChI=1S/C19H21FN4O2/c1-23-17(25)8-16(18(23)13-3-2-4-14(20)7-13)19(26)22-15-9-21-24(11-15)10-12-5-6-12/h2-4,7,9,11-12,16,18H,5-6,8,10H2,1H3,(H,22,26). The highest BCUT2D eigenvalue weighted by molar-refractivity contribution is 5.97. The topological polar surface area (TPSA) is 67.2 Å². The fourth-order valence-corrected chi connectivity index (χ4v) is 3.58. The number of aromatic nitrogens is 2. The molecule has 6 nitrogen and oxygen atoms in total. The number of carbonyl (C=O) groups is 2. The molecular formula is C19H21FN4O2. The molecule has 1 aliphatic carbocycles. The number of likely N-dealkylation sites (tertiary alicyclic amines) is 1. The molecule has 1 saturated heterocycles. The van der Waals surface area contributed by atoms with E-state index in [0.29, 0.717) is 17.2 Å². The summed E-state index contributed by atoms with van der Waals surface area (Å²) in [5, 5.41) is 7.13. The van der Waals surface area contributed by atoms with Crippen LogP contribution in [-0.2, 0) is 16.1 Å². The zero-order valence-electron chi connectivity index (χ0n) is 14.6. The summed E-state index contributed by atoms with van der Waals surface area (Å²) in [7, 11) is 1.65. The summed E-state index contributed by atoms with van der Waals surface area (Å²) in [6.45, 7) is 0.867. The third-order valence-corrected chi connectivity index (χ3v) is 5.16. The van der Waals surface area contributed by atoms with Gasteiger partial charge in [0.1, 0.15) is 5.82 Å². The highest BCUT2D eigenvalue weighted by atomic mass is 19.1. The summed E-state index contributed by atoms with van der Waals surface area (Å²) >= 11 is 0. The maximum absolute atomic E-state index is 13.6. The lowest BCUT2D eigenvalue weighted by Crippen LogP contribution is -2.30. The molecule has 1 aliphatic heterocycles. The van der Waals surface area contributed by atoms with Crippen molar-refractivity contribution in [3.05, 3.63) is 48.0 Å². The van der Waals surface area contributed by atoms with Gasteiger partial charge in [0.05, 0.1) is 23.8 Å². The molecule has 4 rings (SSSR count). The molecule has 2 unspecified atom stereocenters. The number of nitrogens with one attached hydrogen (secondary N) is 1. The Kier molecular flexibility index (Phi) is 4.22. The molecule has 2 amide bonds. The lowest BCUT2D eigenvalue weighted by atomic mass is 9.93. The third-order valence-electron chi connectivity index (χ3n) is 5.16. The first-order valence-corrected chi connectivity index (χ1v) is 8.85. The van der Waals surface area contributed by atoms with Gasteiger partial charge < -0.3 is 10.2 Å². The van der Waals surface area contributed by atoms with E-state index >= 15 is 0 Å². The van der Waals surface area contributed by atoms with Crippen LogP contribution in [0.1, 0.15) is 30.9 Å². The maximum atomic E-state index is 13.6. The predicted molar refractivity (Wildman–Crippen MR) is 93.6 cm³/mol. The Balaban J connectivity index is 1.51. The highest BCUT2D eigenvalue weighted by Crippen LogP contribution is 2.38. The largest absolute Gasteiger partial charge is 0.338 e. The number of amides is 2. The van der Waals surface area contributed by atoms with E-state index in [2.05, 4.69) is 10.4 Å². The molecule has 0 bridgehead atoms. The van der Waals surface area contributed by atoms with Crippen LogP contribution in [0.3, 0.4) is 0 Å². The average Bonchev–Trinajstić information content (AvgIpc) is 3.23. The molecule has 2 aliphatic rings. The van der Waals surface area contributed by atoms with E-state index in [-0.39, 0.29) is 24.1 Å². The number of hydrogen-bond acceptors (Lipinski definition) is 3. The Bertz CT molecular complexity index is 846. The SMILES string of the molecule is CN1C(=O)CC(C(=O)Nc2cnn(CC3CC3)c2)C1c1cccc(F)c1. The van der Waals surface area contributed by atoms with Gasteiger partial charge in [-0.3, -0.25) is 14.3 Å². The molecule has 1 saturated carbocycles. The minimum atomic E-state index is -0.568. The van der Waals surface area contributed by atoms with Crippen LogP contribution >= 0.6 is 0 Å². The number of anilines is 1. The van der Waals surface area contributed by atoms with Crippen LogP contribution in [0, 0.1) is 17.7 Å². The van der Waals surface area contributed by atoms with Crippen LogP contribution < -0.4 is 5.32 Å². The van der Waals surface area contributed by atoms with Crippen molar-refractivity contribution in [2.75, 3.05) is 12.4 Å². The minimum absolute atomic E-state index is 0.111. The van der Waals surface area contributed by atoms with E-state index in [1.165, 1.54) is 29.9 Å². The second-order valence-corrected chi connectivity index (χ2v) is 7.20. The van der Waals surface area contributed by atoms with Gasteiger partial charge in [0.25, 0.3) is 0 Å². The lowest BCUT2D eigenvalue weighted by molar-refractivity contribution is -0.128. The van der Waals surface area contributed by atoms with E-state index < -0.39 is 12.0 Å². The number of hydrogen-bond donors (Lipinski definition) is 1. The van der Waals surface area contributed by atoms with Crippen molar-refractivity contribution in [1.82, 2.24) is 14.7 Å². The molecule has 2 aromatic rings. The van der Waals surface area contributed by atoms with Crippen molar-refractivity contribution in [1.29, 1.82) is 0 Å². The number of carbonyl (C=O) groups excluding carboxylic acids is 2. The molecule has 1 aromatic carbocycles. The molecule has 26 heavy (non-hydrogen) atoms. The smallest absolute Gasteiger partial charge is 0.230 e. The molecule has 7 heteroatoms. The zero-order valence-corrected chi connectivity index (χ0v) is 14.6. The average molecular weight is 356 g/mol. The Morgan fingerprint density at radius 1 is 1.38 bits per heavy atom. The van der Waals surface area contributed by atoms with Crippen LogP contribution in [-0.4, -0.2) is 33.5 Å². The maximum Gasteiger partial charge on any atom is 0.230 e. The van der Waals surface area contributed by atoms with Gasteiger partial charge in [-0.15, -0.1) is 0 Å². The fraction of sp³-hybridized carbons (Fsp3) is 0.421. The zero-order chi connectivity index (χ0) is 18.3. The van der Waals surface area contributed by atoms with Gasteiger partial charge in [0.15, 0.2) is 0 Å². The van der Waals surface area contributed by atoms with E-state index in [1.54, 1.807) is 25.4 Å². The Morgan fingerprint density at radius 3 is 2.92 bits per heavy atom. The normalized spacial score (nSPS) is 22.7. The van der Waals surface area contributed by atoms with Gasteiger partial charge in [-0.1, -0.05) is 12.1 Å². The summed E-state index contributed by atoms with van der Waals surface area (Å²) in [6.07, 6.45) is 6.01. The van der Waals surface area contributed by atoms with Crippen molar-refractivity contribution < 1.29 is 14.0 Å². The Labute approximate surface area is 151 Å². The lowest BCUT2D eigenvalue weighted by Gasteiger charge is -2.24. The second kappa shape index (κ2) is 6.55. The first-order valence-electron chi connectivity index (χ1n) is 8.85. The van der Waals surface area contributed by atoms with Crippen LogP contribution in [0.15, 0.2) is 36.7 Å². The van der Waals surface area contributed by atoms with Crippen molar-refractivity contribution in [2.24, 2.45) is 11.8 Å². The molecule has 1 aromatic heterocycles. The van der Waals surface area contributed by atoms with Gasteiger partial charge in [-0.05, 0) is 36.5 Å². The number of benzene rings is 1. The van der Waals surface area contributed by atoms with E-state index in [1.807, 2.05) is 10.9 Å². The van der Waals surface area contributed by atoms with Crippen molar-refractivity contribution in [2.45, 2.75) is 31.8 Å². The van der Waals surface area contributed by atoms with Gasteiger partial charge in [-0.25, -0.2) is 4.39 Å². The third kappa shape index (κ3) is 3.34. The summed E-state index contributed by atoms with van der Waals surface area (Å²) in [6, 6.07) is 5.60. The molecular weight excluding hydrogens is 335 g/mol. The highest BCUT2D eigenvalue weighted by Gasteiger charge is 2.42. The van der Waals surface area contributed by atoms with Crippen molar-refractivity contribution >= 4 is 17.5 Å². The van der Waals surface area contributed by atoms with E-state index in [4.69, 9.17) is 0 Å². The van der Waals surface area contributed by atoms with Crippen LogP contribution in [0.5, 0.6) is 0 Å². The number of halogens is 1. The molecule has 0 spiro atoms. The summed E-state index contributed by atoms with van der Waals surface area (Å²) in [5.74, 6) is -0.625. The molecule has 1 N–H and O–H groups in total. The summed E-state index contributed by atoms with van der Waals surface area (Å²) in [4.78, 5) is 26.5. The second-order valence-electron chi connectivity index (χ2n) is 7.20. The molecule has 2 heterocycles. The van der Waals surface area contributed by atoms with Gasteiger partial charge in [0, 0.05) is 26.2 Å². The number of rotatable bonds is 5. The monoisotopic (exact) mass is 356 g/mol. The Hall–Kier alpha value is -2.70. The molecule has 0 radical (unpaired) electrons. The van der Waals surface area contributed by atoms with Crippen LogP contribution in [0.2, 0.25) is 0 Å². The molecule has 2 fully saturated rings. The quantitative estimate of drug-likeness (QED) is 0.895. The minimum Gasteiger partial charge on any atom is -0.338 e. The van der Waals surface area contributed by atoms with E-state index in [0.717, 1.165) is 6.54 Å². The van der Waals surface area contributed by atoms with Gasteiger partial charge >= 0.3 is 0 Å². The summed E-state index contributed by atoms with van der Waals surface area (Å²) in [5.41, 5.74) is 1.25. The van der Waals surface area contributed by atoms with Gasteiger partial charge in [0.2, 0.25) is 11.8 Å². The van der Waals surface area contributed by atoms with Crippen LogP contribution in [0.4, 0.5) is 10.1 Å². The first-order chi connectivity index (χ1) is 12.5. The molecule has 136 valence electrons. The molecule has 2 atom stereocenters. The predicted octanol–water partition coefficient (Wildman–Crippen LogP) is 2.59. The number of nitrogens with zero attached hydrogens (tertiary/aromatic N) is 3. The summed E-state index contributed by atoms with van der Waals surface area (Å²) < 4.78 is 15.5. The first kappa shape index (κ1) is 16.8. The van der Waals surface area contributed by atoms with E-state index in [9.17, 15) is 14.0 Å². The van der Waals surface area contributed by atoms with Crippen molar-refractivity contribution in [3.63, 3.8) is 0 Å². The van der Waals surface area contributed by atoms with Gasteiger partial charge in [-0.2, -0.15) is 5.10 Å².